The molecule has 2 aromatic rings. The summed E-state index contributed by atoms with van der Waals surface area (Å²) in [7, 11) is 0. The van der Waals surface area contributed by atoms with Gasteiger partial charge in [-0.15, -0.1) is 0 Å². The minimum atomic E-state index is -2.77. The lowest BCUT2D eigenvalue weighted by molar-refractivity contribution is -0.0265. The maximum atomic E-state index is 13.5. The number of carbonyl (C=O) groups excluding carboxylic acids is 2. The summed E-state index contributed by atoms with van der Waals surface area (Å²) in [4.78, 5) is 32.9. The molecule has 0 bridgehead atoms. The van der Waals surface area contributed by atoms with E-state index < -0.39 is 42.8 Å². The lowest BCUT2D eigenvalue weighted by atomic mass is 9.85. The van der Waals surface area contributed by atoms with Gasteiger partial charge in [-0.2, -0.15) is 0 Å². The molecule has 1 aliphatic carbocycles. The van der Waals surface area contributed by atoms with Crippen LogP contribution in [0.3, 0.4) is 0 Å². The smallest absolute Gasteiger partial charge is 0.410 e. The van der Waals surface area contributed by atoms with Gasteiger partial charge < -0.3 is 35.4 Å². The zero-order chi connectivity index (χ0) is 26.9. The fourth-order valence-corrected chi connectivity index (χ4v) is 4.66. The molecular weight excluding hydrogens is 500 g/mol. The van der Waals surface area contributed by atoms with Gasteiger partial charge in [-0.05, 0) is 36.5 Å². The number of pyridine rings is 1. The Hall–Kier alpha value is -3.51. The Labute approximate surface area is 218 Å². The van der Waals surface area contributed by atoms with Crippen LogP contribution < -0.4 is 20.7 Å². The van der Waals surface area contributed by atoms with Crippen molar-refractivity contribution in [2.75, 3.05) is 37.7 Å². The first-order valence-electron chi connectivity index (χ1n) is 12.6. The van der Waals surface area contributed by atoms with Crippen molar-refractivity contribution in [3.8, 4) is 5.88 Å². The number of aromatic nitrogens is 1. The Morgan fingerprint density at radius 1 is 1.13 bits per heavy atom. The molecule has 1 atom stereocenters. The number of hydrogen-bond donors (Lipinski definition) is 3. The van der Waals surface area contributed by atoms with Crippen LogP contribution in [0.25, 0.3) is 0 Å². The van der Waals surface area contributed by atoms with Gasteiger partial charge in [0.2, 0.25) is 5.88 Å². The Bertz CT molecular complexity index is 1160. The number of nitrogens with two attached hydrogens (primary N) is 1. The number of halogens is 2. The molecule has 1 saturated carbocycles. The van der Waals surface area contributed by atoms with Crippen molar-refractivity contribution in [3.63, 3.8) is 0 Å². The van der Waals surface area contributed by atoms with Crippen molar-refractivity contribution >= 4 is 17.7 Å². The number of nitrogens with zero attached hydrogens (tertiary/aromatic N) is 3. The molecule has 204 valence electrons. The van der Waals surface area contributed by atoms with Gasteiger partial charge >= 0.3 is 6.09 Å². The van der Waals surface area contributed by atoms with Crippen LogP contribution in [-0.2, 0) is 11.3 Å². The number of aliphatic hydroxyl groups is 1. The predicted molar refractivity (Wildman–Crippen MR) is 133 cm³/mol. The van der Waals surface area contributed by atoms with Gasteiger partial charge in [0, 0.05) is 19.5 Å². The molecule has 5 rings (SSSR count). The minimum Gasteiger partial charge on any atom is -0.476 e. The number of ether oxygens (including phenoxy) is 2. The summed E-state index contributed by atoms with van der Waals surface area (Å²) in [5, 5.41) is 12.7. The molecule has 4 N–H and O–H groups in total. The van der Waals surface area contributed by atoms with E-state index in [-0.39, 0.29) is 37.7 Å². The highest BCUT2D eigenvalue weighted by Crippen LogP contribution is 2.38. The molecule has 3 heterocycles. The molecule has 12 heteroatoms. The molecule has 10 nitrogen and oxygen atoms in total. The minimum absolute atomic E-state index is 0.00713. The Morgan fingerprint density at radius 3 is 2.47 bits per heavy atom. The fourth-order valence-electron chi connectivity index (χ4n) is 4.66. The molecular formula is C26H31F2N5O5. The Kier molecular flexibility index (Phi) is 7.10. The number of nitrogens with one attached hydrogen (secondary N) is 1. The molecule has 38 heavy (non-hydrogen) atoms. The summed E-state index contributed by atoms with van der Waals surface area (Å²) in [5.74, 6) is -2.79. The quantitative estimate of drug-likeness (QED) is 0.398. The molecule has 2 saturated heterocycles. The van der Waals surface area contributed by atoms with Gasteiger partial charge in [-0.1, -0.05) is 30.3 Å². The summed E-state index contributed by atoms with van der Waals surface area (Å²) < 4.78 is 38.1. The normalized spacial score (nSPS) is 20.1. The Balaban J connectivity index is 1.24. The third-order valence-electron chi connectivity index (χ3n) is 6.84. The number of benzene rings is 1. The maximum Gasteiger partial charge on any atom is 0.410 e. The van der Waals surface area contributed by atoms with Crippen LogP contribution in [0, 0.1) is 5.92 Å². The largest absolute Gasteiger partial charge is 0.476 e. The number of aliphatic hydroxyl groups excluding tert-OH is 1. The molecule has 0 spiro atoms. The van der Waals surface area contributed by atoms with Crippen LogP contribution in [0.4, 0.5) is 19.3 Å². The monoisotopic (exact) mass is 531 g/mol. The molecule has 2 aliphatic heterocycles. The second-order valence-electron chi connectivity index (χ2n) is 10.4. The van der Waals surface area contributed by atoms with E-state index >= 15 is 0 Å². The van der Waals surface area contributed by atoms with Crippen molar-refractivity contribution in [1.29, 1.82) is 0 Å². The topological polar surface area (TPSA) is 130 Å². The molecule has 0 radical (unpaired) electrons. The molecule has 1 aromatic carbocycles. The highest BCUT2D eigenvalue weighted by Gasteiger charge is 2.48. The molecule has 1 unspecified atom stereocenters. The first-order chi connectivity index (χ1) is 18.1. The second kappa shape index (κ2) is 10.3. The van der Waals surface area contributed by atoms with E-state index in [0.717, 1.165) is 18.4 Å². The zero-order valence-corrected chi connectivity index (χ0v) is 20.8. The SMILES string of the molecule is NC(O)CC1(NC(=O)c2ccc(N3CC(F)(F)C3)c(OCC3CC3)n2)CN(C(=O)OCc2ccccc2)C1. The van der Waals surface area contributed by atoms with Crippen molar-refractivity contribution < 1.29 is 33.0 Å². The Morgan fingerprint density at radius 2 is 1.84 bits per heavy atom. The van der Waals surface area contributed by atoms with Gasteiger partial charge in [-0.3, -0.25) is 4.79 Å². The third-order valence-corrected chi connectivity index (χ3v) is 6.84. The van der Waals surface area contributed by atoms with Crippen molar-refractivity contribution in [1.82, 2.24) is 15.2 Å². The number of alkyl halides is 2. The first kappa shape index (κ1) is 26.1. The number of carbonyl (C=O) groups is 2. The summed E-state index contributed by atoms with van der Waals surface area (Å²) in [5.41, 5.74) is 5.93. The average Bonchev–Trinajstić information content (AvgIpc) is 3.67. The lowest BCUT2D eigenvalue weighted by Gasteiger charge is -2.50. The van der Waals surface area contributed by atoms with E-state index in [0.29, 0.717) is 18.2 Å². The molecule has 3 aliphatic rings. The van der Waals surface area contributed by atoms with E-state index in [4.69, 9.17) is 15.2 Å². The van der Waals surface area contributed by atoms with Crippen LogP contribution >= 0.6 is 0 Å². The summed E-state index contributed by atoms with van der Waals surface area (Å²) >= 11 is 0. The average molecular weight is 532 g/mol. The highest BCUT2D eigenvalue weighted by molar-refractivity contribution is 5.93. The van der Waals surface area contributed by atoms with Crippen LogP contribution in [0.5, 0.6) is 5.88 Å². The number of amides is 2. The molecule has 1 aromatic heterocycles. The van der Waals surface area contributed by atoms with Gasteiger partial charge in [0.05, 0.1) is 25.2 Å². The number of rotatable bonds is 10. The van der Waals surface area contributed by atoms with E-state index in [2.05, 4.69) is 10.3 Å². The van der Waals surface area contributed by atoms with Crippen LogP contribution in [0.2, 0.25) is 0 Å². The number of likely N-dealkylation sites (tertiary alicyclic amines) is 1. The van der Waals surface area contributed by atoms with Crippen LogP contribution in [-0.4, -0.2) is 77.5 Å². The van der Waals surface area contributed by atoms with Crippen molar-refractivity contribution in [2.24, 2.45) is 11.7 Å². The third kappa shape index (κ3) is 6.13. The van der Waals surface area contributed by atoms with Gasteiger partial charge in [0.25, 0.3) is 11.8 Å². The highest BCUT2D eigenvalue weighted by atomic mass is 19.3. The maximum absolute atomic E-state index is 13.5. The van der Waals surface area contributed by atoms with E-state index in [1.807, 2.05) is 30.3 Å². The van der Waals surface area contributed by atoms with Crippen LogP contribution in [0.15, 0.2) is 42.5 Å². The first-order valence-corrected chi connectivity index (χ1v) is 12.6. The van der Waals surface area contributed by atoms with Gasteiger partial charge in [-0.25, -0.2) is 18.6 Å². The predicted octanol–water partition coefficient (Wildman–Crippen LogP) is 2.11. The second-order valence-corrected chi connectivity index (χ2v) is 10.4. The van der Waals surface area contributed by atoms with E-state index in [1.165, 1.54) is 15.9 Å². The molecule has 2 amide bonds. The standard InChI is InChI=1S/C26H31F2N5O5/c27-26(28)15-32(16-26)20-9-8-19(30-23(20)37-11-18-6-7-18)22(35)31-25(10-21(29)34)13-33(14-25)24(36)38-12-17-4-2-1-3-5-17/h1-5,8-9,18,21,34H,6-7,10-16,29H2,(H,31,35). The fraction of sp³-hybridized carbons (Fsp3) is 0.500. The summed E-state index contributed by atoms with van der Waals surface area (Å²) in [6.07, 6.45) is 0.304. The van der Waals surface area contributed by atoms with Gasteiger partial charge in [0.15, 0.2) is 0 Å². The van der Waals surface area contributed by atoms with Crippen LogP contribution in [0.1, 0.15) is 35.3 Å². The zero-order valence-electron chi connectivity index (χ0n) is 20.8. The van der Waals surface area contributed by atoms with E-state index in [9.17, 15) is 23.5 Å². The summed E-state index contributed by atoms with van der Waals surface area (Å²) in [6.45, 7) is -0.183. The van der Waals surface area contributed by atoms with Gasteiger partial charge in [0.1, 0.15) is 24.2 Å². The molecule has 3 fully saturated rings. The van der Waals surface area contributed by atoms with E-state index in [1.54, 1.807) is 6.07 Å². The number of anilines is 1. The van der Waals surface area contributed by atoms with Crippen molar-refractivity contribution in [2.45, 2.75) is 43.6 Å². The number of hydrogen-bond acceptors (Lipinski definition) is 8. The lowest BCUT2D eigenvalue weighted by Crippen LogP contribution is -2.72. The van der Waals surface area contributed by atoms with Crippen molar-refractivity contribution in [3.05, 3.63) is 53.7 Å². The summed E-state index contributed by atoms with van der Waals surface area (Å²) in [6, 6.07) is 12.2.